The Morgan fingerprint density at radius 2 is 2.06 bits per heavy atom. The Morgan fingerprint density at radius 3 is 2.69 bits per heavy atom. The fourth-order valence-corrected chi connectivity index (χ4v) is 3.09. The average Bonchev–Trinajstić information content (AvgIpc) is 2.92. The van der Waals surface area contributed by atoms with Gasteiger partial charge in [-0.1, -0.05) is 30.3 Å². The van der Waals surface area contributed by atoms with Crippen LogP contribution >= 0.6 is 0 Å². The van der Waals surface area contributed by atoms with E-state index in [-0.39, 0.29) is 6.10 Å². The number of aliphatic hydroxyl groups is 1. The predicted molar refractivity (Wildman–Crippen MR) is 62.2 cm³/mol. The van der Waals surface area contributed by atoms with E-state index in [0.29, 0.717) is 18.1 Å². The van der Waals surface area contributed by atoms with Crippen LogP contribution < -0.4 is 0 Å². The minimum Gasteiger partial charge on any atom is -0.392 e. The molecule has 2 aliphatic rings. The van der Waals surface area contributed by atoms with Gasteiger partial charge in [0.15, 0.2) is 0 Å². The maximum absolute atomic E-state index is 10.2. The summed E-state index contributed by atoms with van der Waals surface area (Å²) < 4.78 is 5.78. The molecule has 16 heavy (non-hydrogen) atoms. The van der Waals surface area contributed by atoms with Crippen molar-refractivity contribution in [3.63, 3.8) is 0 Å². The lowest BCUT2D eigenvalue weighted by molar-refractivity contribution is 0.0432. The van der Waals surface area contributed by atoms with Gasteiger partial charge in [0.25, 0.3) is 0 Å². The second-order valence-electron chi connectivity index (χ2n) is 5.03. The molecule has 2 aliphatic heterocycles. The number of rotatable bonds is 3. The van der Waals surface area contributed by atoms with E-state index in [1.54, 1.807) is 0 Å². The first-order chi connectivity index (χ1) is 7.83. The summed E-state index contributed by atoms with van der Waals surface area (Å²) in [6, 6.07) is 10.2. The van der Waals surface area contributed by atoms with Crippen LogP contribution in [0.5, 0.6) is 0 Å². The third-order valence-corrected chi connectivity index (χ3v) is 3.93. The first-order valence-corrected chi connectivity index (χ1v) is 6.20. The van der Waals surface area contributed by atoms with Crippen molar-refractivity contribution in [1.82, 2.24) is 0 Å². The molecule has 2 fully saturated rings. The predicted octanol–water partition coefficient (Wildman–Crippen LogP) is 2.16. The second kappa shape index (κ2) is 4.19. The van der Waals surface area contributed by atoms with Gasteiger partial charge in [0.1, 0.15) is 0 Å². The molecule has 2 nitrogen and oxygen atoms in total. The Morgan fingerprint density at radius 1 is 1.25 bits per heavy atom. The summed E-state index contributed by atoms with van der Waals surface area (Å²) in [6.07, 6.45) is 4.67. The van der Waals surface area contributed by atoms with Gasteiger partial charge in [0.05, 0.1) is 18.3 Å². The zero-order chi connectivity index (χ0) is 11.0. The highest BCUT2D eigenvalue weighted by molar-refractivity contribution is 5.16. The molecule has 0 amide bonds. The molecule has 2 heterocycles. The van der Waals surface area contributed by atoms with E-state index in [9.17, 15) is 5.11 Å². The monoisotopic (exact) mass is 218 g/mol. The molecule has 2 saturated heterocycles. The van der Waals surface area contributed by atoms with Crippen LogP contribution in [0.2, 0.25) is 0 Å². The Balaban J connectivity index is 1.64. The van der Waals surface area contributed by atoms with E-state index in [1.807, 2.05) is 18.2 Å². The first-order valence-electron chi connectivity index (χ1n) is 6.20. The number of ether oxygens (including phenoxy) is 1. The summed E-state index contributed by atoms with van der Waals surface area (Å²) in [5, 5.41) is 10.2. The molecule has 0 radical (unpaired) electrons. The lowest BCUT2D eigenvalue weighted by Crippen LogP contribution is -2.30. The topological polar surface area (TPSA) is 29.5 Å². The quantitative estimate of drug-likeness (QED) is 0.842. The van der Waals surface area contributed by atoms with Crippen LogP contribution in [0.25, 0.3) is 0 Å². The van der Waals surface area contributed by atoms with Crippen LogP contribution in [0.3, 0.4) is 0 Å². The summed E-state index contributed by atoms with van der Waals surface area (Å²) in [5.74, 6) is 0.360. The standard InChI is InChI=1S/C14H18O2/c15-13(8-10-4-2-1-3-5-10)12-9-11-6-7-14(12)16-11/h1-5,11-15H,6-9H2. The maximum Gasteiger partial charge on any atom is 0.0634 e. The number of aliphatic hydroxyl groups excluding tert-OH is 1. The molecule has 4 unspecified atom stereocenters. The molecule has 4 atom stereocenters. The molecule has 2 heteroatoms. The highest BCUT2D eigenvalue weighted by Gasteiger charge is 2.43. The third kappa shape index (κ3) is 1.87. The van der Waals surface area contributed by atoms with Crippen LogP contribution in [0.4, 0.5) is 0 Å². The van der Waals surface area contributed by atoms with Crippen LogP contribution in [0.1, 0.15) is 24.8 Å². The van der Waals surface area contributed by atoms with Crippen molar-refractivity contribution in [1.29, 1.82) is 0 Å². The molecule has 0 spiro atoms. The summed E-state index contributed by atoms with van der Waals surface area (Å²) in [5.41, 5.74) is 1.22. The van der Waals surface area contributed by atoms with Gasteiger partial charge >= 0.3 is 0 Å². The normalized spacial score (nSPS) is 34.2. The second-order valence-corrected chi connectivity index (χ2v) is 5.03. The Bertz CT molecular complexity index is 349. The van der Waals surface area contributed by atoms with E-state index in [2.05, 4.69) is 12.1 Å². The van der Waals surface area contributed by atoms with Gasteiger partial charge in [-0.2, -0.15) is 0 Å². The lowest BCUT2D eigenvalue weighted by Gasteiger charge is -2.24. The number of benzene rings is 1. The van der Waals surface area contributed by atoms with Gasteiger partial charge < -0.3 is 9.84 Å². The molecule has 1 aromatic rings. The van der Waals surface area contributed by atoms with Crippen LogP contribution in [-0.4, -0.2) is 23.4 Å². The van der Waals surface area contributed by atoms with Crippen molar-refractivity contribution in [3.05, 3.63) is 35.9 Å². The molecular weight excluding hydrogens is 200 g/mol. The summed E-state index contributed by atoms with van der Waals surface area (Å²) in [7, 11) is 0. The minimum absolute atomic E-state index is 0.238. The first kappa shape index (κ1) is 10.3. The van der Waals surface area contributed by atoms with Gasteiger partial charge in [0.2, 0.25) is 0 Å². The van der Waals surface area contributed by atoms with E-state index in [1.165, 1.54) is 12.0 Å². The highest BCUT2D eigenvalue weighted by Crippen LogP contribution is 2.40. The van der Waals surface area contributed by atoms with Crippen molar-refractivity contribution >= 4 is 0 Å². The molecule has 2 bridgehead atoms. The van der Waals surface area contributed by atoms with E-state index in [0.717, 1.165) is 19.3 Å². The molecule has 3 rings (SSSR count). The van der Waals surface area contributed by atoms with Crippen molar-refractivity contribution in [3.8, 4) is 0 Å². The maximum atomic E-state index is 10.2. The number of fused-ring (bicyclic) bond motifs is 2. The van der Waals surface area contributed by atoms with E-state index < -0.39 is 0 Å². The van der Waals surface area contributed by atoms with Crippen molar-refractivity contribution in [2.45, 2.75) is 44.0 Å². The van der Waals surface area contributed by atoms with E-state index >= 15 is 0 Å². The summed E-state index contributed by atoms with van der Waals surface area (Å²) in [4.78, 5) is 0. The fraction of sp³-hybridized carbons (Fsp3) is 0.571. The molecular formula is C14H18O2. The molecule has 1 N–H and O–H groups in total. The largest absolute Gasteiger partial charge is 0.392 e. The van der Waals surface area contributed by atoms with Crippen molar-refractivity contribution < 1.29 is 9.84 Å². The van der Waals surface area contributed by atoms with Crippen molar-refractivity contribution in [2.24, 2.45) is 5.92 Å². The van der Waals surface area contributed by atoms with Gasteiger partial charge in [-0.05, 0) is 31.2 Å². The lowest BCUT2D eigenvalue weighted by atomic mass is 9.83. The molecule has 86 valence electrons. The van der Waals surface area contributed by atoms with Gasteiger partial charge in [0, 0.05) is 5.92 Å². The Hall–Kier alpha value is -0.860. The molecule has 1 aromatic carbocycles. The van der Waals surface area contributed by atoms with Crippen molar-refractivity contribution in [2.75, 3.05) is 0 Å². The van der Waals surface area contributed by atoms with Crippen LogP contribution in [0.15, 0.2) is 30.3 Å². The Labute approximate surface area is 96.2 Å². The molecule has 0 aliphatic carbocycles. The fourth-order valence-electron chi connectivity index (χ4n) is 3.09. The number of hydrogen-bond donors (Lipinski definition) is 1. The molecule has 0 saturated carbocycles. The van der Waals surface area contributed by atoms with Crippen LogP contribution in [-0.2, 0) is 11.2 Å². The van der Waals surface area contributed by atoms with Gasteiger partial charge in [-0.15, -0.1) is 0 Å². The smallest absolute Gasteiger partial charge is 0.0634 e. The Kier molecular flexibility index (Phi) is 2.70. The molecule has 0 aromatic heterocycles. The minimum atomic E-state index is -0.238. The van der Waals surface area contributed by atoms with Crippen LogP contribution in [0, 0.1) is 5.92 Å². The zero-order valence-electron chi connectivity index (χ0n) is 9.38. The summed E-state index contributed by atoms with van der Waals surface area (Å²) >= 11 is 0. The van der Waals surface area contributed by atoms with Gasteiger partial charge in [-0.25, -0.2) is 0 Å². The SMILES string of the molecule is OC(Cc1ccccc1)C1CC2CCC1O2. The highest BCUT2D eigenvalue weighted by atomic mass is 16.5. The van der Waals surface area contributed by atoms with Gasteiger partial charge in [-0.3, -0.25) is 0 Å². The van der Waals surface area contributed by atoms with E-state index in [4.69, 9.17) is 4.74 Å². The number of hydrogen-bond acceptors (Lipinski definition) is 2. The average molecular weight is 218 g/mol. The third-order valence-electron chi connectivity index (χ3n) is 3.93. The summed E-state index contributed by atoms with van der Waals surface area (Å²) in [6.45, 7) is 0. The zero-order valence-corrected chi connectivity index (χ0v) is 9.38.